The number of anilines is 2. The standard InChI is InChI=1S/C21H25FN6OS/c1-5-14-20(29)27(4)15-10-24-18(26-19(15)28(14)11(2)3)17-16(25-21(23)30-17)12-6-8-13(22)9-7-12/h6-11,14,21,25H,5,23H2,1-4H3/t14-,21?/m1/s1. The number of nitrogens with one attached hydrogen (secondary N) is 1. The first-order valence-corrected chi connectivity index (χ1v) is 10.8. The molecule has 158 valence electrons. The van der Waals surface area contributed by atoms with Gasteiger partial charge in [-0.15, -0.1) is 0 Å². The van der Waals surface area contributed by atoms with Crippen LogP contribution in [0.3, 0.4) is 0 Å². The minimum Gasteiger partial charge on any atom is -0.360 e. The van der Waals surface area contributed by atoms with Crippen molar-refractivity contribution in [1.29, 1.82) is 0 Å². The van der Waals surface area contributed by atoms with E-state index in [2.05, 4.69) is 29.0 Å². The number of likely N-dealkylation sites (N-methyl/N-ethyl adjacent to an activating group) is 1. The van der Waals surface area contributed by atoms with Gasteiger partial charge < -0.3 is 20.9 Å². The minimum atomic E-state index is -0.353. The predicted molar refractivity (Wildman–Crippen MR) is 119 cm³/mol. The molecule has 30 heavy (non-hydrogen) atoms. The minimum absolute atomic E-state index is 0.0418. The molecule has 1 aromatic carbocycles. The van der Waals surface area contributed by atoms with Crippen molar-refractivity contribution in [2.45, 2.75) is 44.8 Å². The first-order valence-electron chi connectivity index (χ1n) is 9.94. The van der Waals surface area contributed by atoms with E-state index in [4.69, 9.17) is 10.7 Å². The molecule has 1 amide bonds. The molecule has 3 N–H and O–H groups in total. The number of nitrogens with two attached hydrogens (primary N) is 1. The smallest absolute Gasteiger partial charge is 0.249 e. The van der Waals surface area contributed by atoms with Crippen LogP contribution in [0.25, 0.3) is 10.6 Å². The summed E-state index contributed by atoms with van der Waals surface area (Å²) in [5, 5.41) is 3.23. The summed E-state index contributed by atoms with van der Waals surface area (Å²) in [4.78, 5) is 26.8. The van der Waals surface area contributed by atoms with Gasteiger partial charge in [-0.3, -0.25) is 4.79 Å². The molecule has 9 heteroatoms. The van der Waals surface area contributed by atoms with Crippen LogP contribution in [0.5, 0.6) is 0 Å². The van der Waals surface area contributed by atoms with Gasteiger partial charge in [0.05, 0.1) is 16.8 Å². The fraction of sp³-hybridized carbons (Fsp3) is 0.381. The van der Waals surface area contributed by atoms with Crippen molar-refractivity contribution in [3.05, 3.63) is 47.7 Å². The average molecular weight is 429 g/mol. The second kappa shape index (κ2) is 7.88. The molecule has 1 unspecified atom stereocenters. The summed E-state index contributed by atoms with van der Waals surface area (Å²) in [6, 6.07) is 6.06. The molecule has 0 aliphatic carbocycles. The normalized spacial score (nSPS) is 21.4. The molecule has 2 aromatic rings. The molecule has 1 aromatic heterocycles. The Hall–Kier alpha value is -2.65. The second-order valence-electron chi connectivity index (χ2n) is 7.62. The zero-order chi connectivity index (χ0) is 21.6. The van der Waals surface area contributed by atoms with E-state index in [-0.39, 0.29) is 29.3 Å². The maximum Gasteiger partial charge on any atom is 0.249 e. The number of amides is 1. The van der Waals surface area contributed by atoms with Crippen LogP contribution >= 0.6 is 11.8 Å². The fourth-order valence-corrected chi connectivity index (χ4v) is 4.83. The Labute approximate surface area is 179 Å². The number of hydrogen-bond acceptors (Lipinski definition) is 7. The third-order valence-electron chi connectivity index (χ3n) is 5.34. The van der Waals surface area contributed by atoms with Gasteiger partial charge in [-0.1, -0.05) is 18.7 Å². The first kappa shape index (κ1) is 20.6. The molecule has 7 nitrogen and oxygen atoms in total. The predicted octanol–water partition coefficient (Wildman–Crippen LogP) is 2.99. The van der Waals surface area contributed by atoms with Gasteiger partial charge in [-0.25, -0.2) is 14.4 Å². The van der Waals surface area contributed by atoms with Crippen LogP contribution < -0.4 is 20.9 Å². The Morgan fingerprint density at radius 2 is 2.00 bits per heavy atom. The molecule has 0 spiro atoms. The number of carbonyl (C=O) groups excluding carboxylic acids is 1. The van der Waals surface area contributed by atoms with E-state index < -0.39 is 0 Å². The van der Waals surface area contributed by atoms with Crippen molar-refractivity contribution < 1.29 is 9.18 Å². The zero-order valence-electron chi connectivity index (χ0n) is 17.4. The lowest BCUT2D eigenvalue weighted by Gasteiger charge is -2.42. The van der Waals surface area contributed by atoms with E-state index in [1.165, 1.54) is 23.9 Å². The molecule has 4 rings (SSSR count). The monoisotopic (exact) mass is 428 g/mol. The van der Waals surface area contributed by atoms with Gasteiger partial charge in [0.15, 0.2) is 11.6 Å². The molecule has 0 radical (unpaired) electrons. The maximum absolute atomic E-state index is 13.4. The highest BCUT2D eigenvalue weighted by atomic mass is 32.2. The molecule has 2 atom stereocenters. The lowest BCUT2D eigenvalue weighted by atomic mass is 10.1. The number of rotatable bonds is 4. The number of benzene rings is 1. The Morgan fingerprint density at radius 1 is 1.30 bits per heavy atom. The number of thioether (sulfide) groups is 1. The van der Waals surface area contributed by atoms with E-state index in [1.807, 2.05) is 6.92 Å². The lowest BCUT2D eigenvalue weighted by Crippen LogP contribution is -2.55. The highest BCUT2D eigenvalue weighted by molar-refractivity contribution is 8.09. The van der Waals surface area contributed by atoms with Crippen molar-refractivity contribution in [2.24, 2.45) is 5.73 Å². The Kier molecular flexibility index (Phi) is 5.42. The van der Waals surface area contributed by atoms with E-state index in [1.54, 1.807) is 30.3 Å². The summed E-state index contributed by atoms with van der Waals surface area (Å²) in [5.41, 5.74) is 8.05. The van der Waals surface area contributed by atoms with Crippen molar-refractivity contribution in [3.8, 4) is 0 Å². The molecular weight excluding hydrogens is 403 g/mol. The summed E-state index contributed by atoms with van der Waals surface area (Å²) in [6.07, 6.45) is 2.38. The third kappa shape index (κ3) is 3.41. The molecule has 0 saturated carbocycles. The van der Waals surface area contributed by atoms with E-state index in [0.717, 1.165) is 22.0 Å². The number of carbonyl (C=O) groups is 1. The molecule has 0 saturated heterocycles. The summed E-state index contributed by atoms with van der Waals surface area (Å²) in [6.45, 7) is 6.11. The van der Waals surface area contributed by atoms with Gasteiger partial charge in [0, 0.05) is 13.1 Å². The van der Waals surface area contributed by atoms with Gasteiger partial charge in [-0.2, -0.15) is 0 Å². The first-order chi connectivity index (χ1) is 14.3. The molecule has 2 aliphatic heterocycles. The van der Waals surface area contributed by atoms with E-state index in [9.17, 15) is 9.18 Å². The number of aromatic nitrogens is 2. The number of halogens is 1. The summed E-state index contributed by atoms with van der Waals surface area (Å²) in [5.74, 6) is 1.00. The number of fused-ring (bicyclic) bond motifs is 1. The van der Waals surface area contributed by atoms with Gasteiger partial charge in [-0.05, 0) is 50.1 Å². The van der Waals surface area contributed by atoms with Gasteiger partial charge >= 0.3 is 0 Å². The van der Waals surface area contributed by atoms with Gasteiger partial charge in [0.25, 0.3) is 0 Å². The van der Waals surface area contributed by atoms with Crippen LogP contribution in [-0.4, -0.2) is 40.5 Å². The zero-order valence-corrected chi connectivity index (χ0v) is 18.2. The topological polar surface area (TPSA) is 87.4 Å². The Morgan fingerprint density at radius 3 is 2.63 bits per heavy atom. The van der Waals surface area contributed by atoms with Crippen LogP contribution in [-0.2, 0) is 4.79 Å². The lowest BCUT2D eigenvalue weighted by molar-refractivity contribution is -0.120. The largest absolute Gasteiger partial charge is 0.360 e. The van der Waals surface area contributed by atoms with Crippen LogP contribution in [0.4, 0.5) is 15.9 Å². The Balaban J connectivity index is 1.85. The number of hydrogen-bond donors (Lipinski definition) is 2. The summed E-state index contributed by atoms with van der Waals surface area (Å²) < 4.78 is 13.4. The molecule has 2 aliphatic rings. The molecule has 3 heterocycles. The van der Waals surface area contributed by atoms with Crippen LogP contribution in [0, 0.1) is 5.82 Å². The summed E-state index contributed by atoms with van der Waals surface area (Å²) in [7, 11) is 1.76. The highest BCUT2D eigenvalue weighted by Gasteiger charge is 2.39. The molecule has 0 fully saturated rings. The van der Waals surface area contributed by atoms with Crippen LogP contribution in [0.1, 0.15) is 38.6 Å². The van der Waals surface area contributed by atoms with Crippen molar-refractivity contribution >= 4 is 39.8 Å². The average Bonchev–Trinajstić information content (AvgIpc) is 3.12. The molecular formula is C21H25FN6OS. The van der Waals surface area contributed by atoms with Crippen molar-refractivity contribution in [2.75, 3.05) is 16.8 Å². The highest BCUT2D eigenvalue weighted by Crippen LogP contribution is 2.42. The summed E-state index contributed by atoms with van der Waals surface area (Å²) >= 11 is 1.42. The quantitative estimate of drug-likeness (QED) is 0.774. The Bertz CT molecular complexity index is 1010. The van der Waals surface area contributed by atoms with Gasteiger partial charge in [0.1, 0.15) is 23.0 Å². The molecule has 0 bridgehead atoms. The van der Waals surface area contributed by atoms with Gasteiger partial charge in [0.2, 0.25) is 5.91 Å². The second-order valence-corrected chi connectivity index (χ2v) is 8.77. The fourth-order valence-electron chi connectivity index (χ4n) is 3.91. The number of nitrogens with zero attached hydrogens (tertiary/aromatic N) is 4. The maximum atomic E-state index is 13.4. The third-order valence-corrected chi connectivity index (χ3v) is 6.34. The van der Waals surface area contributed by atoms with Crippen LogP contribution in [0.15, 0.2) is 30.5 Å². The van der Waals surface area contributed by atoms with Crippen molar-refractivity contribution in [1.82, 2.24) is 15.3 Å². The van der Waals surface area contributed by atoms with E-state index in [0.29, 0.717) is 17.9 Å². The van der Waals surface area contributed by atoms with Crippen LogP contribution in [0.2, 0.25) is 0 Å². The van der Waals surface area contributed by atoms with Crippen molar-refractivity contribution in [3.63, 3.8) is 0 Å². The SMILES string of the molecule is CC[C@@H]1C(=O)N(C)c2cnc(C3=C(c4ccc(F)cc4)NC(N)S3)nc2N1C(C)C. The van der Waals surface area contributed by atoms with E-state index >= 15 is 0 Å².